The Kier molecular flexibility index (Phi) is 3.56. The van der Waals surface area contributed by atoms with Gasteiger partial charge in [0, 0.05) is 17.8 Å². The van der Waals surface area contributed by atoms with Gasteiger partial charge >= 0.3 is 0 Å². The van der Waals surface area contributed by atoms with E-state index in [1.165, 1.54) is 0 Å². The minimum Gasteiger partial charge on any atom is -0.370 e. The second-order valence-corrected chi connectivity index (χ2v) is 5.92. The molecule has 0 spiro atoms. The van der Waals surface area contributed by atoms with Crippen molar-refractivity contribution >= 4 is 22.8 Å². The minimum absolute atomic E-state index is 0.0157. The Hall–Kier alpha value is -1.91. The van der Waals surface area contributed by atoms with Crippen LogP contribution >= 0.6 is 11.6 Å². The van der Waals surface area contributed by atoms with Crippen LogP contribution in [0.5, 0.6) is 0 Å². The topological polar surface area (TPSA) is 39.9 Å². The van der Waals surface area contributed by atoms with Crippen LogP contribution in [-0.2, 0) is 4.74 Å². The smallest absolute Gasteiger partial charge is 0.164 e. The number of halogens is 1. The molecule has 3 aromatic rings. The van der Waals surface area contributed by atoms with Crippen molar-refractivity contribution in [1.29, 1.82) is 0 Å². The second-order valence-electron chi connectivity index (χ2n) is 5.49. The maximum atomic E-state index is 6.17. The molecule has 3 heterocycles. The number of ether oxygens (including phenoxy) is 1. The third-order valence-corrected chi connectivity index (χ3v) is 4.21. The lowest BCUT2D eigenvalue weighted by molar-refractivity contribution is 0.00886. The molecule has 1 aliphatic rings. The number of rotatable bonds is 2. The molecule has 1 aromatic carbocycles. The summed E-state index contributed by atoms with van der Waals surface area (Å²) < 4.78 is 8.01. The van der Waals surface area contributed by atoms with Crippen molar-refractivity contribution < 1.29 is 4.74 Å². The summed E-state index contributed by atoms with van der Waals surface area (Å²) in [6.07, 6.45) is 5.07. The molecular formula is C17H16ClN3O. The fraction of sp³-hybridized carbons (Fsp3) is 0.294. The molecule has 1 atom stereocenters. The van der Waals surface area contributed by atoms with Gasteiger partial charge in [-0.25, -0.2) is 9.97 Å². The molecule has 5 heteroatoms. The SMILES string of the molecule is Clc1cccc(-n2c(C3CCCCO3)nc3cccnc32)c1. The Balaban J connectivity index is 1.93. The van der Waals surface area contributed by atoms with Gasteiger partial charge in [0.05, 0.1) is 5.69 Å². The quantitative estimate of drug-likeness (QED) is 0.707. The summed E-state index contributed by atoms with van der Waals surface area (Å²) in [5, 5.41) is 0.700. The van der Waals surface area contributed by atoms with Crippen LogP contribution in [0.2, 0.25) is 5.02 Å². The van der Waals surface area contributed by atoms with Crippen molar-refractivity contribution in [3.63, 3.8) is 0 Å². The summed E-state index contributed by atoms with van der Waals surface area (Å²) >= 11 is 6.17. The third kappa shape index (κ3) is 2.38. The van der Waals surface area contributed by atoms with Crippen LogP contribution in [-0.4, -0.2) is 21.1 Å². The standard InChI is InChI=1S/C17H16ClN3O/c18-12-5-3-6-13(11-12)21-16-14(7-4-9-19-16)20-17(21)15-8-1-2-10-22-15/h3-7,9,11,15H,1-2,8,10H2. The molecule has 0 aliphatic carbocycles. The largest absolute Gasteiger partial charge is 0.370 e. The highest BCUT2D eigenvalue weighted by Gasteiger charge is 2.24. The van der Waals surface area contributed by atoms with Crippen molar-refractivity contribution in [3.05, 3.63) is 53.4 Å². The predicted molar refractivity (Wildman–Crippen MR) is 86.4 cm³/mol. The Labute approximate surface area is 133 Å². The molecule has 1 aliphatic heterocycles. The van der Waals surface area contributed by atoms with Crippen LogP contribution in [0.1, 0.15) is 31.2 Å². The highest BCUT2D eigenvalue weighted by molar-refractivity contribution is 6.30. The molecule has 1 unspecified atom stereocenters. The van der Waals surface area contributed by atoms with Crippen molar-refractivity contribution in [2.24, 2.45) is 0 Å². The number of hydrogen-bond donors (Lipinski definition) is 0. The minimum atomic E-state index is 0.0157. The van der Waals surface area contributed by atoms with Crippen molar-refractivity contribution in [3.8, 4) is 5.69 Å². The van der Waals surface area contributed by atoms with Gasteiger partial charge in [-0.3, -0.25) is 4.57 Å². The average Bonchev–Trinajstić information content (AvgIpc) is 2.95. The number of nitrogens with zero attached hydrogens (tertiary/aromatic N) is 3. The molecule has 1 fully saturated rings. The van der Waals surface area contributed by atoms with E-state index in [1.807, 2.05) is 36.4 Å². The Morgan fingerprint density at radius 1 is 1.18 bits per heavy atom. The second kappa shape index (κ2) is 5.71. The molecule has 2 aromatic heterocycles. The summed E-state index contributed by atoms with van der Waals surface area (Å²) in [6.45, 7) is 0.789. The van der Waals surface area contributed by atoms with E-state index in [0.29, 0.717) is 5.02 Å². The zero-order valence-corrected chi connectivity index (χ0v) is 12.8. The molecule has 0 radical (unpaired) electrons. The lowest BCUT2D eigenvalue weighted by Crippen LogP contribution is -2.16. The molecule has 0 amide bonds. The van der Waals surface area contributed by atoms with Gasteiger partial charge < -0.3 is 4.74 Å². The van der Waals surface area contributed by atoms with Crippen molar-refractivity contribution in [2.45, 2.75) is 25.4 Å². The fourth-order valence-corrected chi connectivity index (χ4v) is 3.14. The van der Waals surface area contributed by atoms with Gasteiger partial charge in [-0.05, 0) is 49.6 Å². The van der Waals surface area contributed by atoms with Gasteiger partial charge in [0.25, 0.3) is 0 Å². The van der Waals surface area contributed by atoms with E-state index < -0.39 is 0 Å². The number of hydrogen-bond acceptors (Lipinski definition) is 3. The molecule has 4 rings (SSSR count). The van der Waals surface area contributed by atoms with E-state index in [4.69, 9.17) is 21.3 Å². The van der Waals surface area contributed by atoms with Crippen molar-refractivity contribution in [2.75, 3.05) is 6.61 Å². The Bertz CT molecular complexity index is 809. The van der Waals surface area contributed by atoms with Crippen LogP contribution in [0.4, 0.5) is 0 Å². The molecule has 112 valence electrons. The van der Waals surface area contributed by atoms with E-state index in [9.17, 15) is 0 Å². The zero-order chi connectivity index (χ0) is 14.9. The number of pyridine rings is 1. The first-order valence-electron chi connectivity index (χ1n) is 7.54. The highest BCUT2D eigenvalue weighted by Crippen LogP contribution is 2.32. The first-order chi connectivity index (χ1) is 10.8. The molecule has 0 bridgehead atoms. The molecule has 1 saturated heterocycles. The normalized spacial score (nSPS) is 18.7. The summed E-state index contributed by atoms with van der Waals surface area (Å²) in [6, 6.07) is 11.7. The monoisotopic (exact) mass is 313 g/mol. The van der Waals surface area contributed by atoms with Gasteiger partial charge in [0.2, 0.25) is 0 Å². The van der Waals surface area contributed by atoms with Gasteiger partial charge in [-0.1, -0.05) is 17.7 Å². The molecule has 22 heavy (non-hydrogen) atoms. The molecule has 0 N–H and O–H groups in total. The lowest BCUT2D eigenvalue weighted by atomic mass is 10.1. The van der Waals surface area contributed by atoms with Crippen LogP contribution in [0.15, 0.2) is 42.6 Å². The van der Waals surface area contributed by atoms with E-state index in [0.717, 1.165) is 48.5 Å². The predicted octanol–water partition coefficient (Wildman–Crippen LogP) is 4.32. The molecular weight excluding hydrogens is 298 g/mol. The van der Waals surface area contributed by atoms with E-state index in [2.05, 4.69) is 9.55 Å². The maximum absolute atomic E-state index is 6.17. The van der Waals surface area contributed by atoms with Crippen LogP contribution in [0, 0.1) is 0 Å². The number of imidazole rings is 1. The molecule has 0 saturated carbocycles. The van der Waals surface area contributed by atoms with Crippen LogP contribution in [0.25, 0.3) is 16.9 Å². The van der Waals surface area contributed by atoms with Gasteiger partial charge in [-0.2, -0.15) is 0 Å². The first-order valence-corrected chi connectivity index (χ1v) is 7.91. The Morgan fingerprint density at radius 3 is 2.95 bits per heavy atom. The number of fused-ring (bicyclic) bond motifs is 1. The van der Waals surface area contributed by atoms with Gasteiger partial charge in [0.15, 0.2) is 5.65 Å². The highest BCUT2D eigenvalue weighted by atomic mass is 35.5. The fourth-order valence-electron chi connectivity index (χ4n) is 2.96. The first kappa shape index (κ1) is 13.7. The summed E-state index contributed by atoms with van der Waals surface area (Å²) in [5.41, 5.74) is 2.69. The zero-order valence-electron chi connectivity index (χ0n) is 12.1. The van der Waals surface area contributed by atoms with Crippen LogP contribution in [0.3, 0.4) is 0 Å². The third-order valence-electron chi connectivity index (χ3n) is 3.98. The molecule has 4 nitrogen and oxygen atoms in total. The van der Waals surface area contributed by atoms with Gasteiger partial charge in [0.1, 0.15) is 17.4 Å². The summed E-state index contributed by atoms with van der Waals surface area (Å²) in [4.78, 5) is 9.28. The van der Waals surface area contributed by atoms with E-state index >= 15 is 0 Å². The van der Waals surface area contributed by atoms with Crippen LogP contribution < -0.4 is 0 Å². The summed E-state index contributed by atoms with van der Waals surface area (Å²) in [5.74, 6) is 0.913. The average molecular weight is 314 g/mol. The van der Waals surface area contributed by atoms with Gasteiger partial charge in [-0.15, -0.1) is 0 Å². The maximum Gasteiger partial charge on any atom is 0.164 e. The lowest BCUT2D eigenvalue weighted by Gasteiger charge is -2.23. The number of aromatic nitrogens is 3. The van der Waals surface area contributed by atoms with Crippen molar-refractivity contribution in [1.82, 2.24) is 14.5 Å². The number of benzene rings is 1. The van der Waals surface area contributed by atoms with E-state index in [-0.39, 0.29) is 6.10 Å². The summed E-state index contributed by atoms with van der Waals surface area (Å²) in [7, 11) is 0. The van der Waals surface area contributed by atoms with E-state index in [1.54, 1.807) is 6.20 Å². The Morgan fingerprint density at radius 2 is 2.14 bits per heavy atom.